The number of hydrogen-bond acceptors (Lipinski definition) is 2. The van der Waals surface area contributed by atoms with Gasteiger partial charge < -0.3 is 0 Å². The molecule has 0 aliphatic carbocycles. The van der Waals surface area contributed by atoms with E-state index in [1.165, 1.54) is 0 Å². The summed E-state index contributed by atoms with van der Waals surface area (Å²) in [6.07, 6.45) is 2.70. The predicted molar refractivity (Wildman–Crippen MR) is 131 cm³/mol. The Bertz CT molecular complexity index is 1390. The molecule has 0 amide bonds. The van der Waals surface area contributed by atoms with Crippen LogP contribution in [0.1, 0.15) is 10.4 Å². The van der Waals surface area contributed by atoms with Crippen LogP contribution in [0, 0.1) is 0 Å². The average Bonchev–Trinajstić information content (AvgIpc) is 2.89. The fourth-order valence-corrected chi connectivity index (χ4v) is 3.94. The molecule has 0 unspecified atom stereocenters. The molecule has 0 aliphatic rings. The van der Waals surface area contributed by atoms with E-state index in [0.29, 0.717) is 5.56 Å². The van der Waals surface area contributed by atoms with Gasteiger partial charge in [0.05, 0.1) is 5.69 Å². The van der Waals surface area contributed by atoms with Gasteiger partial charge in [0.2, 0.25) is 0 Å². The van der Waals surface area contributed by atoms with Gasteiger partial charge in [-0.1, -0.05) is 78.9 Å². The van der Waals surface area contributed by atoms with E-state index in [-0.39, 0.29) is 0 Å². The molecule has 1 heterocycles. The maximum atomic E-state index is 11.2. The third-order valence-electron chi connectivity index (χ3n) is 5.57. The van der Waals surface area contributed by atoms with Crippen LogP contribution >= 0.6 is 0 Å². The van der Waals surface area contributed by atoms with Crippen molar-refractivity contribution in [3.8, 4) is 44.6 Å². The fraction of sp³-hybridized carbons (Fsp3) is 0. The van der Waals surface area contributed by atoms with Crippen LogP contribution < -0.4 is 0 Å². The molecule has 0 atom stereocenters. The largest absolute Gasteiger partial charge is 0.298 e. The SMILES string of the molecule is O=Cc1cccc(-c2cccc(-c3cccc(-c4cccc(-c5ccccn5)c4)c3)c2)c1. The number of hydrogen-bond donors (Lipinski definition) is 0. The molecule has 32 heavy (non-hydrogen) atoms. The van der Waals surface area contributed by atoms with Crippen molar-refractivity contribution < 1.29 is 4.79 Å². The van der Waals surface area contributed by atoms with Crippen molar-refractivity contribution in [1.29, 1.82) is 0 Å². The molecule has 0 aliphatic heterocycles. The second-order valence-electron chi connectivity index (χ2n) is 7.70. The molecule has 152 valence electrons. The molecule has 0 saturated carbocycles. The van der Waals surface area contributed by atoms with Crippen LogP contribution in [0.15, 0.2) is 121 Å². The molecular weight excluding hydrogens is 390 g/mol. The van der Waals surface area contributed by atoms with E-state index in [9.17, 15) is 4.79 Å². The first-order chi connectivity index (χ1) is 15.8. The molecule has 0 bridgehead atoms. The Hall–Kier alpha value is -4.30. The Labute approximate surface area is 187 Å². The highest BCUT2D eigenvalue weighted by Crippen LogP contribution is 2.31. The van der Waals surface area contributed by atoms with Crippen LogP contribution in [-0.4, -0.2) is 11.3 Å². The van der Waals surface area contributed by atoms with Crippen molar-refractivity contribution in [3.63, 3.8) is 0 Å². The highest BCUT2D eigenvalue weighted by atomic mass is 16.1. The van der Waals surface area contributed by atoms with E-state index in [1.54, 1.807) is 0 Å². The van der Waals surface area contributed by atoms with Crippen molar-refractivity contribution in [2.75, 3.05) is 0 Å². The minimum Gasteiger partial charge on any atom is -0.298 e. The summed E-state index contributed by atoms with van der Waals surface area (Å²) in [7, 11) is 0. The molecular formula is C30H21NO. The molecule has 5 rings (SSSR count). The second kappa shape index (κ2) is 8.83. The van der Waals surface area contributed by atoms with Crippen LogP contribution in [0.4, 0.5) is 0 Å². The summed E-state index contributed by atoms with van der Waals surface area (Å²) in [5.74, 6) is 0. The van der Waals surface area contributed by atoms with E-state index < -0.39 is 0 Å². The predicted octanol–water partition coefficient (Wildman–Crippen LogP) is 7.56. The molecule has 0 saturated heterocycles. The third-order valence-corrected chi connectivity index (χ3v) is 5.57. The van der Waals surface area contributed by atoms with Gasteiger partial charge in [-0.2, -0.15) is 0 Å². The highest BCUT2D eigenvalue weighted by molar-refractivity contribution is 5.81. The lowest BCUT2D eigenvalue weighted by Gasteiger charge is -2.10. The second-order valence-corrected chi connectivity index (χ2v) is 7.70. The number of pyridine rings is 1. The van der Waals surface area contributed by atoms with Crippen molar-refractivity contribution in [1.82, 2.24) is 4.98 Å². The maximum Gasteiger partial charge on any atom is 0.150 e. The van der Waals surface area contributed by atoms with E-state index in [1.807, 2.05) is 48.7 Å². The average molecular weight is 412 g/mol. The van der Waals surface area contributed by atoms with Gasteiger partial charge >= 0.3 is 0 Å². The van der Waals surface area contributed by atoms with Gasteiger partial charge in [0.15, 0.2) is 0 Å². The molecule has 0 fully saturated rings. The first kappa shape index (κ1) is 19.7. The Kier molecular flexibility index (Phi) is 5.42. The molecule has 0 spiro atoms. The van der Waals surface area contributed by atoms with Gasteiger partial charge in [-0.25, -0.2) is 0 Å². The lowest BCUT2D eigenvalue weighted by atomic mass is 9.95. The van der Waals surface area contributed by atoms with E-state index in [4.69, 9.17) is 0 Å². The van der Waals surface area contributed by atoms with Gasteiger partial charge in [0.1, 0.15) is 6.29 Å². The highest BCUT2D eigenvalue weighted by Gasteiger charge is 2.06. The normalized spacial score (nSPS) is 10.6. The van der Waals surface area contributed by atoms with E-state index >= 15 is 0 Å². The van der Waals surface area contributed by atoms with E-state index in [2.05, 4.69) is 77.8 Å². The summed E-state index contributed by atoms with van der Waals surface area (Å²) in [6, 6.07) is 39.2. The smallest absolute Gasteiger partial charge is 0.150 e. The summed E-state index contributed by atoms with van der Waals surface area (Å²) in [6.45, 7) is 0. The molecule has 5 aromatic rings. The summed E-state index contributed by atoms with van der Waals surface area (Å²) < 4.78 is 0. The van der Waals surface area contributed by atoms with Crippen molar-refractivity contribution >= 4 is 6.29 Å². The van der Waals surface area contributed by atoms with Gasteiger partial charge in [-0.05, 0) is 69.8 Å². The number of aromatic nitrogens is 1. The quantitative estimate of drug-likeness (QED) is 0.279. The number of nitrogens with zero attached hydrogens (tertiary/aromatic N) is 1. The number of rotatable bonds is 5. The van der Waals surface area contributed by atoms with Crippen LogP contribution in [0.5, 0.6) is 0 Å². The number of carbonyl (C=O) groups is 1. The Morgan fingerprint density at radius 1 is 0.469 bits per heavy atom. The minimum atomic E-state index is 0.683. The molecule has 2 nitrogen and oxygen atoms in total. The molecule has 0 N–H and O–H groups in total. The fourth-order valence-electron chi connectivity index (χ4n) is 3.94. The summed E-state index contributed by atoms with van der Waals surface area (Å²) in [5.41, 5.74) is 9.49. The van der Waals surface area contributed by atoms with Crippen LogP contribution in [0.2, 0.25) is 0 Å². The Morgan fingerprint density at radius 3 is 1.44 bits per heavy atom. The van der Waals surface area contributed by atoms with Crippen molar-refractivity contribution in [2.45, 2.75) is 0 Å². The van der Waals surface area contributed by atoms with Gasteiger partial charge in [0.25, 0.3) is 0 Å². The lowest BCUT2D eigenvalue weighted by molar-refractivity contribution is 0.112. The third kappa shape index (κ3) is 4.12. The number of benzene rings is 4. The van der Waals surface area contributed by atoms with Crippen LogP contribution in [0.3, 0.4) is 0 Å². The molecule has 4 aromatic carbocycles. The Morgan fingerprint density at radius 2 is 0.938 bits per heavy atom. The number of aldehydes is 1. The monoisotopic (exact) mass is 411 g/mol. The standard InChI is InChI=1S/C30H21NO/c32-21-22-7-3-8-23(17-22)24-9-4-10-25(18-24)26-11-5-12-27(19-26)28-13-6-14-29(20-28)30-15-1-2-16-31-30/h1-21H. The first-order valence-electron chi connectivity index (χ1n) is 10.6. The van der Waals surface area contributed by atoms with Crippen LogP contribution in [0.25, 0.3) is 44.6 Å². The van der Waals surface area contributed by atoms with Crippen molar-refractivity contribution in [3.05, 3.63) is 127 Å². The number of carbonyl (C=O) groups excluding carboxylic acids is 1. The van der Waals surface area contributed by atoms with Crippen LogP contribution in [-0.2, 0) is 0 Å². The Balaban J connectivity index is 1.51. The zero-order valence-corrected chi connectivity index (χ0v) is 17.5. The molecule has 0 radical (unpaired) electrons. The topological polar surface area (TPSA) is 30.0 Å². The summed E-state index contributed by atoms with van der Waals surface area (Å²) in [4.78, 5) is 15.6. The summed E-state index contributed by atoms with van der Waals surface area (Å²) >= 11 is 0. The van der Waals surface area contributed by atoms with E-state index in [0.717, 1.165) is 50.9 Å². The molecule has 2 heteroatoms. The van der Waals surface area contributed by atoms with Gasteiger partial charge in [-0.3, -0.25) is 9.78 Å². The zero-order valence-electron chi connectivity index (χ0n) is 17.5. The van der Waals surface area contributed by atoms with Gasteiger partial charge in [-0.15, -0.1) is 0 Å². The minimum absolute atomic E-state index is 0.683. The zero-order chi connectivity index (χ0) is 21.8. The maximum absolute atomic E-state index is 11.2. The van der Waals surface area contributed by atoms with Crippen molar-refractivity contribution in [2.24, 2.45) is 0 Å². The lowest BCUT2D eigenvalue weighted by Crippen LogP contribution is -1.86. The molecule has 1 aromatic heterocycles. The van der Waals surface area contributed by atoms with Gasteiger partial charge in [0, 0.05) is 17.3 Å². The first-order valence-corrected chi connectivity index (χ1v) is 10.6. The summed E-state index contributed by atoms with van der Waals surface area (Å²) in [5, 5.41) is 0.